The lowest BCUT2D eigenvalue weighted by molar-refractivity contribution is 0.0527. The molecule has 140 valence electrons. The maximum absolute atomic E-state index is 12.5. The molecular formula is C22H24N2O3. The van der Waals surface area contributed by atoms with Crippen molar-refractivity contribution >= 4 is 28.2 Å². The average Bonchev–Trinajstić information content (AvgIpc) is 2.68. The molecule has 0 atom stereocenters. The van der Waals surface area contributed by atoms with Crippen molar-refractivity contribution in [3.63, 3.8) is 0 Å². The predicted octanol–water partition coefficient (Wildman–Crippen LogP) is 5.25. The fourth-order valence-corrected chi connectivity index (χ4v) is 2.91. The highest BCUT2D eigenvalue weighted by Gasteiger charge is 2.18. The van der Waals surface area contributed by atoms with Gasteiger partial charge in [0.25, 0.3) is 0 Å². The monoisotopic (exact) mass is 364 g/mol. The quantitative estimate of drug-likeness (QED) is 0.580. The topological polar surface area (TPSA) is 60.5 Å². The summed E-state index contributed by atoms with van der Waals surface area (Å²) in [6, 6.07) is 13.6. The summed E-state index contributed by atoms with van der Waals surface area (Å²) >= 11 is 0. The molecule has 0 fully saturated rings. The van der Waals surface area contributed by atoms with E-state index in [1.54, 1.807) is 13.1 Å². The second-order valence-corrected chi connectivity index (χ2v) is 6.21. The van der Waals surface area contributed by atoms with E-state index in [0.717, 1.165) is 34.3 Å². The first-order chi connectivity index (χ1) is 13.2. The number of carbonyl (C=O) groups excluding carboxylic acids is 1. The standard InChI is InChI=1S/C22H24N2O3/c1-4-13-27-19-12-7-6-11-18(19)24-21-16-10-8-9-15(3)20(16)23-14-17(21)22(25)26-5-2/h6-12,14H,4-5,13H2,1-3H3,(H,23,24). The number of anilines is 2. The van der Waals surface area contributed by atoms with Crippen molar-refractivity contribution in [2.75, 3.05) is 18.5 Å². The second kappa shape index (κ2) is 8.54. The van der Waals surface area contributed by atoms with Crippen LogP contribution in [0.25, 0.3) is 10.9 Å². The summed E-state index contributed by atoms with van der Waals surface area (Å²) in [6.45, 7) is 6.78. The SMILES string of the molecule is CCCOc1ccccc1Nc1c(C(=O)OCC)cnc2c(C)cccc12. The van der Waals surface area contributed by atoms with Gasteiger partial charge in [0.05, 0.1) is 30.1 Å². The molecule has 5 heteroatoms. The fraction of sp³-hybridized carbons (Fsp3) is 0.273. The largest absolute Gasteiger partial charge is 0.491 e. The zero-order valence-corrected chi connectivity index (χ0v) is 15.9. The highest BCUT2D eigenvalue weighted by molar-refractivity contribution is 6.06. The molecule has 3 aromatic rings. The Labute approximate surface area is 159 Å². The summed E-state index contributed by atoms with van der Waals surface area (Å²) in [6.07, 6.45) is 2.49. The molecule has 0 unspecified atom stereocenters. The maximum atomic E-state index is 12.5. The molecule has 1 aromatic heterocycles. The maximum Gasteiger partial charge on any atom is 0.341 e. The van der Waals surface area contributed by atoms with Crippen LogP contribution in [0.2, 0.25) is 0 Å². The second-order valence-electron chi connectivity index (χ2n) is 6.21. The van der Waals surface area contributed by atoms with Gasteiger partial charge in [0.1, 0.15) is 11.3 Å². The number of hydrogen-bond acceptors (Lipinski definition) is 5. The van der Waals surface area contributed by atoms with E-state index in [1.165, 1.54) is 0 Å². The first-order valence-electron chi connectivity index (χ1n) is 9.20. The minimum Gasteiger partial charge on any atom is -0.491 e. The van der Waals surface area contributed by atoms with Crippen LogP contribution in [-0.2, 0) is 4.74 Å². The Bertz CT molecular complexity index is 953. The molecule has 0 aliphatic heterocycles. The number of nitrogens with one attached hydrogen (secondary N) is 1. The van der Waals surface area contributed by atoms with Crippen LogP contribution in [0.15, 0.2) is 48.7 Å². The third-order valence-electron chi connectivity index (χ3n) is 4.20. The molecule has 0 radical (unpaired) electrons. The number of ether oxygens (including phenoxy) is 2. The van der Waals surface area contributed by atoms with Crippen LogP contribution >= 0.6 is 0 Å². The Kier molecular flexibility index (Phi) is 5.91. The fourth-order valence-electron chi connectivity index (χ4n) is 2.91. The van der Waals surface area contributed by atoms with Crippen molar-refractivity contribution < 1.29 is 14.3 Å². The lowest BCUT2D eigenvalue weighted by Gasteiger charge is -2.17. The number of pyridine rings is 1. The van der Waals surface area contributed by atoms with Gasteiger partial charge >= 0.3 is 5.97 Å². The molecule has 0 amide bonds. The summed E-state index contributed by atoms with van der Waals surface area (Å²) in [5, 5.41) is 4.26. The van der Waals surface area contributed by atoms with Gasteiger partial charge in [0.2, 0.25) is 0 Å². The van der Waals surface area contributed by atoms with Gasteiger partial charge in [-0.05, 0) is 38.0 Å². The van der Waals surface area contributed by atoms with E-state index in [9.17, 15) is 4.79 Å². The number of para-hydroxylation sites is 3. The van der Waals surface area contributed by atoms with Crippen LogP contribution in [0.3, 0.4) is 0 Å². The van der Waals surface area contributed by atoms with E-state index in [0.29, 0.717) is 24.5 Å². The summed E-state index contributed by atoms with van der Waals surface area (Å²) in [5.41, 5.74) is 3.77. The molecule has 0 aliphatic rings. The summed E-state index contributed by atoms with van der Waals surface area (Å²) in [4.78, 5) is 17.0. The average molecular weight is 364 g/mol. The van der Waals surface area contributed by atoms with Crippen LogP contribution in [0.1, 0.15) is 36.2 Å². The molecule has 27 heavy (non-hydrogen) atoms. The van der Waals surface area contributed by atoms with Crippen molar-refractivity contribution in [2.24, 2.45) is 0 Å². The molecular weight excluding hydrogens is 340 g/mol. The number of benzene rings is 2. The van der Waals surface area contributed by atoms with E-state index in [2.05, 4.69) is 17.2 Å². The summed E-state index contributed by atoms with van der Waals surface area (Å²) in [5.74, 6) is 0.342. The first-order valence-corrected chi connectivity index (χ1v) is 9.20. The van der Waals surface area contributed by atoms with Gasteiger partial charge in [-0.2, -0.15) is 0 Å². The zero-order valence-electron chi connectivity index (χ0n) is 15.9. The molecule has 0 aliphatic carbocycles. The van der Waals surface area contributed by atoms with Crippen LogP contribution in [0.5, 0.6) is 5.75 Å². The summed E-state index contributed by atoms with van der Waals surface area (Å²) < 4.78 is 11.1. The lowest BCUT2D eigenvalue weighted by Crippen LogP contribution is -2.10. The highest BCUT2D eigenvalue weighted by Crippen LogP contribution is 2.34. The molecule has 0 spiro atoms. The van der Waals surface area contributed by atoms with Gasteiger partial charge in [0.15, 0.2) is 0 Å². The summed E-state index contributed by atoms with van der Waals surface area (Å²) in [7, 11) is 0. The first kappa shape index (κ1) is 18.7. The number of aryl methyl sites for hydroxylation is 1. The molecule has 0 saturated carbocycles. The third kappa shape index (κ3) is 4.03. The molecule has 0 bridgehead atoms. The Morgan fingerprint density at radius 1 is 1.11 bits per heavy atom. The van der Waals surface area contributed by atoms with Crippen molar-refractivity contribution in [3.05, 3.63) is 59.8 Å². The minimum atomic E-state index is -0.400. The van der Waals surface area contributed by atoms with Crippen LogP contribution < -0.4 is 10.1 Å². The van der Waals surface area contributed by atoms with Crippen molar-refractivity contribution in [3.8, 4) is 5.75 Å². The number of rotatable bonds is 7. The van der Waals surface area contributed by atoms with Crippen molar-refractivity contribution in [1.29, 1.82) is 0 Å². The van der Waals surface area contributed by atoms with Crippen LogP contribution in [-0.4, -0.2) is 24.2 Å². The number of esters is 1. The van der Waals surface area contributed by atoms with E-state index in [-0.39, 0.29) is 0 Å². The van der Waals surface area contributed by atoms with Crippen molar-refractivity contribution in [2.45, 2.75) is 27.2 Å². The Hall–Kier alpha value is -3.08. The van der Waals surface area contributed by atoms with Gasteiger partial charge in [0, 0.05) is 11.6 Å². The van der Waals surface area contributed by atoms with Gasteiger partial charge in [-0.15, -0.1) is 0 Å². The molecule has 2 aromatic carbocycles. The van der Waals surface area contributed by atoms with Gasteiger partial charge in [-0.3, -0.25) is 4.98 Å². The van der Waals surface area contributed by atoms with Gasteiger partial charge in [-0.1, -0.05) is 37.3 Å². The lowest BCUT2D eigenvalue weighted by atomic mass is 10.1. The van der Waals surface area contributed by atoms with E-state index in [4.69, 9.17) is 9.47 Å². The Balaban J connectivity index is 2.13. The van der Waals surface area contributed by atoms with E-state index in [1.807, 2.05) is 49.4 Å². The molecule has 5 nitrogen and oxygen atoms in total. The van der Waals surface area contributed by atoms with Crippen LogP contribution in [0, 0.1) is 6.92 Å². The Morgan fingerprint density at radius 2 is 1.93 bits per heavy atom. The zero-order chi connectivity index (χ0) is 19.2. The minimum absolute atomic E-state index is 0.306. The van der Waals surface area contributed by atoms with Crippen LogP contribution in [0.4, 0.5) is 11.4 Å². The number of fused-ring (bicyclic) bond motifs is 1. The number of nitrogens with zero attached hydrogens (tertiary/aromatic N) is 1. The van der Waals surface area contributed by atoms with Crippen molar-refractivity contribution in [1.82, 2.24) is 4.98 Å². The van der Waals surface area contributed by atoms with E-state index < -0.39 is 5.97 Å². The van der Waals surface area contributed by atoms with E-state index >= 15 is 0 Å². The predicted molar refractivity (Wildman–Crippen MR) is 108 cm³/mol. The number of aromatic nitrogens is 1. The van der Waals surface area contributed by atoms with Gasteiger partial charge < -0.3 is 14.8 Å². The van der Waals surface area contributed by atoms with Gasteiger partial charge in [-0.25, -0.2) is 4.79 Å². The smallest absolute Gasteiger partial charge is 0.341 e. The highest BCUT2D eigenvalue weighted by atomic mass is 16.5. The molecule has 1 heterocycles. The number of hydrogen-bond donors (Lipinski definition) is 1. The normalized spacial score (nSPS) is 10.6. The third-order valence-corrected chi connectivity index (χ3v) is 4.20. The molecule has 3 rings (SSSR count). The molecule has 1 N–H and O–H groups in total. The number of carbonyl (C=O) groups is 1. The molecule has 0 saturated heterocycles. The Morgan fingerprint density at radius 3 is 2.70 bits per heavy atom.